The van der Waals surface area contributed by atoms with Crippen molar-refractivity contribution in [3.8, 4) is 17.2 Å². The summed E-state index contributed by atoms with van der Waals surface area (Å²) in [7, 11) is 0. The average Bonchev–Trinajstić information content (AvgIpc) is 2.80. The Kier molecular flexibility index (Phi) is 2.96. The molecule has 0 atom stereocenters. The van der Waals surface area contributed by atoms with E-state index in [0.29, 0.717) is 0 Å². The molecule has 2 aromatic rings. The Morgan fingerprint density at radius 3 is 2.87 bits per heavy atom. The third-order valence-corrected chi connectivity index (χ3v) is 2.77. The number of nitriles is 1. The van der Waals surface area contributed by atoms with E-state index < -0.39 is 0 Å². The van der Waals surface area contributed by atoms with Crippen molar-refractivity contribution in [2.45, 2.75) is 0 Å². The zero-order valence-corrected chi connectivity index (χ0v) is 8.87. The van der Waals surface area contributed by atoms with Crippen LogP contribution in [0.4, 0.5) is 0 Å². The van der Waals surface area contributed by atoms with Crippen LogP contribution >= 0.6 is 11.3 Å². The van der Waals surface area contributed by atoms with E-state index in [4.69, 9.17) is 5.26 Å². The molecule has 0 radical (unpaired) electrons. The predicted octanol–water partition coefficient (Wildman–Crippen LogP) is 3.95. The van der Waals surface area contributed by atoms with Crippen molar-refractivity contribution in [1.29, 1.82) is 5.26 Å². The molecule has 1 heterocycles. The molecule has 0 unspecified atom stereocenters. The van der Waals surface area contributed by atoms with Crippen LogP contribution in [0.25, 0.3) is 17.2 Å². The van der Waals surface area contributed by atoms with Crippen LogP contribution in [0, 0.1) is 11.3 Å². The Morgan fingerprint density at radius 1 is 1.20 bits per heavy atom. The summed E-state index contributed by atoms with van der Waals surface area (Å²) in [5, 5.41) is 12.6. The topological polar surface area (TPSA) is 23.8 Å². The van der Waals surface area contributed by atoms with Crippen LogP contribution < -0.4 is 0 Å². The smallest absolute Gasteiger partial charge is 0.0912 e. The Bertz CT molecular complexity index is 504. The second kappa shape index (κ2) is 4.59. The van der Waals surface area contributed by atoms with Gasteiger partial charge < -0.3 is 0 Å². The molecule has 1 nitrogen and oxygen atoms in total. The van der Waals surface area contributed by atoms with E-state index in [-0.39, 0.29) is 0 Å². The standard InChI is InChI=1S/C13H9NS/c14-7-2-4-11-3-1-5-12(9-11)13-6-8-15-10-13/h1-6,8-10H/b4-2+. The maximum Gasteiger partial charge on any atom is 0.0912 e. The molecule has 1 aromatic heterocycles. The minimum absolute atomic E-state index is 1.06. The molecule has 0 N–H and O–H groups in total. The fourth-order valence-electron chi connectivity index (χ4n) is 1.38. The first kappa shape index (κ1) is 9.70. The maximum absolute atomic E-state index is 8.45. The number of thiophene rings is 1. The van der Waals surface area contributed by atoms with Crippen LogP contribution in [0.15, 0.2) is 47.2 Å². The monoisotopic (exact) mass is 211 g/mol. The summed E-state index contributed by atoms with van der Waals surface area (Å²) in [6.45, 7) is 0. The highest BCUT2D eigenvalue weighted by Crippen LogP contribution is 2.23. The molecule has 0 saturated carbocycles. The lowest BCUT2D eigenvalue weighted by Gasteiger charge is -1.98. The molecule has 0 saturated heterocycles. The molecule has 0 aliphatic rings. The first-order chi connectivity index (χ1) is 7.40. The second-order valence-electron chi connectivity index (χ2n) is 3.10. The van der Waals surface area contributed by atoms with Crippen LogP contribution in [-0.4, -0.2) is 0 Å². The van der Waals surface area contributed by atoms with Gasteiger partial charge in [0.1, 0.15) is 0 Å². The van der Waals surface area contributed by atoms with Gasteiger partial charge in [0.05, 0.1) is 6.07 Å². The van der Waals surface area contributed by atoms with Crippen molar-refractivity contribution in [1.82, 2.24) is 0 Å². The zero-order valence-electron chi connectivity index (χ0n) is 8.05. The molecule has 0 amide bonds. The molecule has 0 fully saturated rings. The van der Waals surface area contributed by atoms with Crippen LogP contribution in [0.5, 0.6) is 0 Å². The third kappa shape index (κ3) is 2.34. The van der Waals surface area contributed by atoms with Gasteiger partial charge in [-0.3, -0.25) is 0 Å². The first-order valence-corrected chi connectivity index (χ1v) is 5.53. The average molecular weight is 211 g/mol. The number of allylic oxidation sites excluding steroid dienone is 1. The summed E-state index contributed by atoms with van der Waals surface area (Å²) in [4.78, 5) is 0. The molecule has 0 bridgehead atoms. The quantitative estimate of drug-likeness (QED) is 0.690. The van der Waals surface area contributed by atoms with Crippen LogP contribution in [0.2, 0.25) is 0 Å². The Balaban J connectivity index is 2.36. The second-order valence-corrected chi connectivity index (χ2v) is 3.88. The zero-order chi connectivity index (χ0) is 10.5. The van der Waals surface area contributed by atoms with E-state index >= 15 is 0 Å². The number of hydrogen-bond acceptors (Lipinski definition) is 2. The van der Waals surface area contributed by atoms with Crippen molar-refractivity contribution in [3.63, 3.8) is 0 Å². The van der Waals surface area contributed by atoms with Gasteiger partial charge in [-0.2, -0.15) is 16.6 Å². The van der Waals surface area contributed by atoms with Gasteiger partial charge in [-0.1, -0.05) is 18.2 Å². The van der Waals surface area contributed by atoms with Crippen LogP contribution in [0.1, 0.15) is 5.56 Å². The van der Waals surface area contributed by atoms with Gasteiger partial charge in [-0.25, -0.2) is 0 Å². The first-order valence-electron chi connectivity index (χ1n) is 4.59. The van der Waals surface area contributed by atoms with Gasteiger partial charge in [0, 0.05) is 6.08 Å². The van der Waals surface area contributed by atoms with Crippen molar-refractivity contribution >= 4 is 17.4 Å². The van der Waals surface area contributed by atoms with Gasteiger partial charge in [0.2, 0.25) is 0 Å². The van der Waals surface area contributed by atoms with E-state index in [1.54, 1.807) is 11.3 Å². The van der Waals surface area contributed by atoms with E-state index in [0.717, 1.165) is 5.56 Å². The van der Waals surface area contributed by atoms with Gasteiger partial charge in [-0.05, 0) is 45.7 Å². The maximum atomic E-state index is 8.45. The van der Waals surface area contributed by atoms with E-state index in [2.05, 4.69) is 29.0 Å². The lowest BCUT2D eigenvalue weighted by Crippen LogP contribution is -1.75. The van der Waals surface area contributed by atoms with Gasteiger partial charge >= 0.3 is 0 Å². The number of nitrogens with zero attached hydrogens (tertiary/aromatic N) is 1. The minimum atomic E-state index is 1.06. The molecule has 2 heteroatoms. The molecule has 0 aliphatic heterocycles. The molecule has 15 heavy (non-hydrogen) atoms. The van der Waals surface area contributed by atoms with E-state index in [9.17, 15) is 0 Å². The summed E-state index contributed by atoms with van der Waals surface area (Å²) < 4.78 is 0. The van der Waals surface area contributed by atoms with Crippen molar-refractivity contribution < 1.29 is 0 Å². The highest BCUT2D eigenvalue weighted by atomic mass is 32.1. The molecular weight excluding hydrogens is 202 g/mol. The Hall–Kier alpha value is -1.85. The highest BCUT2D eigenvalue weighted by Gasteiger charge is 1.97. The van der Waals surface area contributed by atoms with Gasteiger partial charge in [-0.15, -0.1) is 0 Å². The SMILES string of the molecule is N#C/C=C/c1cccc(-c2ccsc2)c1. The van der Waals surface area contributed by atoms with E-state index in [1.807, 2.05) is 24.3 Å². The number of benzene rings is 1. The highest BCUT2D eigenvalue weighted by molar-refractivity contribution is 7.08. The summed E-state index contributed by atoms with van der Waals surface area (Å²) in [6, 6.07) is 12.2. The normalized spacial score (nSPS) is 10.3. The molecule has 72 valence electrons. The van der Waals surface area contributed by atoms with Crippen molar-refractivity contribution in [2.75, 3.05) is 0 Å². The van der Waals surface area contributed by atoms with Gasteiger partial charge in [0.15, 0.2) is 0 Å². The lowest BCUT2D eigenvalue weighted by molar-refractivity contribution is 1.53. The Morgan fingerprint density at radius 2 is 2.13 bits per heavy atom. The van der Waals surface area contributed by atoms with Crippen molar-refractivity contribution in [2.24, 2.45) is 0 Å². The minimum Gasteiger partial charge on any atom is -0.193 e. The van der Waals surface area contributed by atoms with Gasteiger partial charge in [0.25, 0.3) is 0 Å². The fraction of sp³-hybridized carbons (Fsp3) is 0. The molecule has 0 spiro atoms. The summed E-state index contributed by atoms with van der Waals surface area (Å²) in [5.74, 6) is 0. The van der Waals surface area contributed by atoms with Crippen LogP contribution in [-0.2, 0) is 0 Å². The molecule has 0 aliphatic carbocycles. The number of rotatable bonds is 2. The molecular formula is C13H9NS. The number of hydrogen-bond donors (Lipinski definition) is 0. The summed E-state index contributed by atoms with van der Waals surface area (Å²) in [6.07, 6.45) is 3.31. The van der Waals surface area contributed by atoms with Crippen molar-refractivity contribution in [3.05, 3.63) is 52.7 Å². The largest absolute Gasteiger partial charge is 0.193 e. The lowest BCUT2D eigenvalue weighted by atomic mass is 10.1. The third-order valence-electron chi connectivity index (χ3n) is 2.09. The predicted molar refractivity (Wildman–Crippen MR) is 64.4 cm³/mol. The molecule has 1 aromatic carbocycles. The van der Waals surface area contributed by atoms with Crippen LogP contribution in [0.3, 0.4) is 0 Å². The van der Waals surface area contributed by atoms with E-state index in [1.165, 1.54) is 17.2 Å². The summed E-state index contributed by atoms with van der Waals surface area (Å²) >= 11 is 1.69. The fourth-order valence-corrected chi connectivity index (χ4v) is 2.05. The molecule has 2 rings (SSSR count). The Labute approximate surface area is 92.9 Å². The summed E-state index contributed by atoms with van der Waals surface area (Å²) in [5.41, 5.74) is 3.48.